The standard InChI is InChI=1S/C17H18N2O5S/c1-9(12-4-5-13-14(6-12)24-8-23-13)19-15(20)7-22-17(21)16-10(2)18-11(3)25-16/h4-6,9H,7-8H2,1-3H3,(H,19,20)/t9-/m0/s1. The number of fused-ring (bicyclic) bond motifs is 1. The predicted octanol–water partition coefficient (Wildman–Crippen LogP) is 2.52. The Labute approximate surface area is 148 Å². The highest BCUT2D eigenvalue weighted by molar-refractivity contribution is 7.13. The van der Waals surface area contributed by atoms with Gasteiger partial charge in [-0.2, -0.15) is 0 Å². The number of esters is 1. The van der Waals surface area contributed by atoms with Crippen LogP contribution >= 0.6 is 11.3 Å². The summed E-state index contributed by atoms with van der Waals surface area (Å²) in [7, 11) is 0. The zero-order valence-corrected chi connectivity index (χ0v) is 14.9. The Balaban J connectivity index is 1.53. The first kappa shape index (κ1) is 17.2. The summed E-state index contributed by atoms with van der Waals surface area (Å²) in [5, 5.41) is 3.57. The van der Waals surface area contributed by atoms with Gasteiger partial charge < -0.3 is 19.5 Å². The molecule has 132 valence electrons. The molecular formula is C17H18N2O5S. The average molecular weight is 362 g/mol. The molecule has 1 aliphatic heterocycles. The van der Waals surface area contributed by atoms with Crippen LogP contribution < -0.4 is 14.8 Å². The van der Waals surface area contributed by atoms with Crippen molar-refractivity contribution in [2.45, 2.75) is 26.8 Å². The fourth-order valence-corrected chi connectivity index (χ4v) is 3.28. The number of amides is 1. The molecule has 0 unspecified atom stereocenters. The van der Waals surface area contributed by atoms with Gasteiger partial charge in [0.25, 0.3) is 5.91 Å². The second-order valence-corrected chi connectivity index (χ2v) is 6.83. The monoisotopic (exact) mass is 362 g/mol. The Hall–Kier alpha value is -2.61. The van der Waals surface area contributed by atoms with Crippen LogP contribution in [0, 0.1) is 13.8 Å². The van der Waals surface area contributed by atoms with Crippen LogP contribution in [0.1, 0.15) is 38.9 Å². The number of nitrogens with zero attached hydrogens (tertiary/aromatic N) is 1. The van der Waals surface area contributed by atoms with Gasteiger partial charge >= 0.3 is 5.97 Å². The molecule has 1 atom stereocenters. The normalized spacial score (nSPS) is 13.4. The molecule has 7 nitrogen and oxygen atoms in total. The Bertz CT molecular complexity index is 817. The van der Waals surface area contributed by atoms with Crippen molar-refractivity contribution in [2.75, 3.05) is 13.4 Å². The van der Waals surface area contributed by atoms with Crippen molar-refractivity contribution in [3.8, 4) is 11.5 Å². The van der Waals surface area contributed by atoms with Crippen molar-refractivity contribution in [3.63, 3.8) is 0 Å². The smallest absolute Gasteiger partial charge is 0.350 e. The van der Waals surface area contributed by atoms with Crippen LogP contribution in [-0.2, 0) is 9.53 Å². The Morgan fingerprint density at radius 3 is 2.80 bits per heavy atom. The predicted molar refractivity (Wildman–Crippen MR) is 91.0 cm³/mol. The van der Waals surface area contributed by atoms with Crippen LogP contribution in [-0.4, -0.2) is 30.3 Å². The molecule has 0 aliphatic carbocycles. The molecule has 0 saturated heterocycles. The van der Waals surface area contributed by atoms with Crippen molar-refractivity contribution in [1.29, 1.82) is 0 Å². The van der Waals surface area contributed by atoms with Crippen LogP contribution in [0.15, 0.2) is 18.2 Å². The number of ether oxygens (including phenoxy) is 3. The molecule has 1 aromatic heterocycles. The molecule has 2 heterocycles. The van der Waals surface area contributed by atoms with E-state index in [9.17, 15) is 9.59 Å². The summed E-state index contributed by atoms with van der Waals surface area (Å²) in [6.07, 6.45) is 0. The number of benzene rings is 1. The van der Waals surface area contributed by atoms with Gasteiger partial charge in [0, 0.05) is 0 Å². The van der Waals surface area contributed by atoms with Gasteiger partial charge in [-0.15, -0.1) is 11.3 Å². The molecule has 1 aliphatic rings. The molecule has 1 aromatic carbocycles. The largest absolute Gasteiger partial charge is 0.454 e. The highest BCUT2D eigenvalue weighted by atomic mass is 32.1. The molecule has 2 aromatic rings. The van der Waals surface area contributed by atoms with E-state index in [1.54, 1.807) is 13.0 Å². The highest BCUT2D eigenvalue weighted by Gasteiger charge is 2.19. The maximum atomic E-state index is 12.0. The van der Waals surface area contributed by atoms with Gasteiger partial charge in [-0.3, -0.25) is 4.79 Å². The van der Waals surface area contributed by atoms with Crippen LogP contribution in [0.5, 0.6) is 11.5 Å². The lowest BCUT2D eigenvalue weighted by atomic mass is 10.1. The third-order valence-electron chi connectivity index (χ3n) is 3.70. The molecule has 1 amide bonds. The maximum absolute atomic E-state index is 12.0. The van der Waals surface area contributed by atoms with E-state index in [1.165, 1.54) is 11.3 Å². The Kier molecular flexibility index (Phi) is 4.89. The summed E-state index contributed by atoms with van der Waals surface area (Å²) in [5.41, 5.74) is 1.49. The van der Waals surface area contributed by atoms with Crippen LogP contribution in [0.25, 0.3) is 0 Å². The molecule has 0 spiro atoms. The van der Waals surface area contributed by atoms with Gasteiger partial charge in [0.15, 0.2) is 18.1 Å². The van der Waals surface area contributed by atoms with E-state index in [0.29, 0.717) is 22.1 Å². The third kappa shape index (κ3) is 3.90. The van der Waals surface area contributed by atoms with Gasteiger partial charge in [0.1, 0.15) is 4.88 Å². The summed E-state index contributed by atoms with van der Waals surface area (Å²) < 4.78 is 15.7. The molecule has 8 heteroatoms. The lowest BCUT2D eigenvalue weighted by Crippen LogP contribution is -2.31. The molecule has 0 saturated carbocycles. The Morgan fingerprint density at radius 1 is 1.32 bits per heavy atom. The molecular weight excluding hydrogens is 344 g/mol. The summed E-state index contributed by atoms with van der Waals surface area (Å²) in [5.74, 6) is 0.430. The molecule has 3 rings (SSSR count). The molecule has 25 heavy (non-hydrogen) atoms. The van der Waals surface area contributed by atoms with Crippen molar-refractivity contribution in [1.82, 2.24) is 10.3 Å². The zero-order valence-electron chi connectivity index (χ0n) is 14.1. The van der Waals surface area contributed by atoms with E-state index >= 15 is 0 Å². The first-order valence-electron chi connectivity index (χ1n) is 7.74. The van der Waals surface area contributed by atoms with E-state index in [0.717, 1.165) is 10.6 Å². The van der Waals surface area contributed by atoms with Crippen molar-refractivity contribution in [2.24, 2.45) is 0 Å². The summed E-state index contributed by atoms with van der Waals surface area (Å²) >= 11 is 1.25. The number of nitrogens with one attached hydrogen (secondary N) is 1. The minimum Gasteiger partial charge on any atom is -0.454 e. The topological polar surface area (TPSA) is 86.8 Å². The number of carbonyl (C=O) groups is 2. The minimum absolute atomic E-state index is 0.200. The zero-order chi connectivity index (χ0) is 18.0. The fraction of sp³-hybridized carbons (Fsp3) is 0.353. The summed E-state index contributed by atoms with van der Waals surface area (Å²) in [6.45, 7) is 5.25. The molecule has 0 fully saturated rings. The highest BCUT2D eigenvalue weighted by Crippen LogP contribution is 2.34. The third-order valence-corrected chi connectivity index (χ3v) is 4.75. The average Bonchev–Trinajstić information content (AvgIpc) is 3.17. The number of rotatable bonds is 5. The summed E-state index contributed by atoms with van der Waals surface area (Å²) in [6, 6.07) is 5.22. The van der Waals surface area contributed by atoms with E-state index in [4.69, 9.17) is 14.2 Å². The number of thiazole rings is 1. The van der Waals surface area contributed by atoms with Gasteiger partial charge in [-0.05, 0) is 38.5 Å². The lowest BCUT2D eigenvalue weighted by Gasteiger charge is -2.14. The number of hydrogen-bond acceptors (Lipinski definition) is 7. The van der Waals surface area contributed by atoms with Crippen LogP contribution in [0.3, 0.4) is 0 Å². The maximum Gasteiger partial charge on any atom is 0.350 e. The van der Waals surface area contributed by atoms with Crippen LogP contribution in [0.4, 0.5) is 0 Å². The van der Waals surface area contributed by atoms with E-state index < -0.39 is 5.97 Å². The minimum atomic E-state index is -0.533. The molecule has 0 bridgehead atoms. The van der Waals surface area contributed by atoms with Gasteiger partial charge in [0.2, 0.25) is 6.79 Å². The Morgan fingerprint density at radius 2 is 2.08 bits per heavy atom. The lowest BCUT2D eigenvalue weighted by molar-refractivity contribution is -0.124. The number of hydrogen-bond donors (Lipinski definition) is 1. The second-order valence-electron chi connectivity index (χ2n) is 5.63. The fourth-order valence-electron chi connectivity index (χ4n) is 2.47. The van der Waals surface area contributed by atoms with E-state index in [-0.39, 0.29) is 25.3 Å². The first-order chi connectivity index (χ1) is 11.9. The van der Waals surface area contributed by atoms with Gasteiger partial charge in [-0.1, -0.05) is 6.07 Å². The number of carbonyl (C=O) groups excluding carboxylic acids is 2. The van der Waals surface area contributed by atoms with Gasteiger partial charge in [0.05, 0.1) is 16.7 Å². The second kappa shape index (κ2) is 7.10. The van der Waals surface area contributed by atoms with E-state index in [1.807, 2.05) is 26.0 Å². The molecule has 1 N–H and O–H groups in total. The van der Waals surface area contributed by atoms with Crippen LogP contribution in [0.2, 0.25) is 0 Å². The first-order valence-corrected chi connectivity index (χ1v) is 8.55. The van der Waals surface area contributed by atoms with Crippen molar-refractivity contribution < 1.29 is 23.8 Å². The van der Waals surface area contributed by atoms with Crippen molar-refractivity contribution >= 4 is 23.2 Å². The van der Waals surface area contributed by atoms with Gasteiger partial charge in [-0.25, -0.2) is 9.78 Å². The quantitative estimate of drug-likeness (QED) is 0.823. The molecule has 0 radical (unpaired) electrons. The SMILES string of the molecule is Cc1nc(C)c(C(=O)OCC(=O)N[C@@H](C)c2ccc3c(c2)OCO3)s1. The van der Waals surface area contributed by atoms with E-state index in [2.05, 4.69) is 10.3 Å². The summed E-state index contributed by atoms with van der Waals surface area (Å²) in [4.78, 5) is 28.6. The number of aromatic nitrogens is 1. The number of aryl methyl sites for hydroxylation is 2. The van der Waals surface area contributed by atoms with Crippen molar-refractivity contribution in [3.05, 3.63) is 39.3 Å².